The topological polar surface area (TPSA) is 86.9 Å². The zero-order valence-electron chi connectivity index (χ0n) is 9.13. The fourth-order valence-electron chi connectivity index (χ4n) is 2.42. The van der Waals surface area contributed by atoms with E-state index in [1.54, 1.807) is 0 Å². The van der Waals surface area contributed by atoms with Crippen molar-refractivity contribution >= 4 is 11.9 Å². The molecule has 16 heavy (non-hydrogen) atoms. The molecule has 2 aliphatic heterocycles. The zero-order valence-corrected chi connectivity index (χ0v) is 9.13. The third kappa shape index (κ3) is 1.90. The van der Waals surface area contributed by atoms with Crippen molar-refractivity contribution in [3.63, 3.8) is 0 Å². The summed E-state index contributed by atoms with van der Waals surface area (Å²) >= 11 is 0. The smallest absolute Gasteiger partial charge is 0.328 e. The summed E-state index contributed by atoms with van der Waals surface area (Å²) < 4.78 is 0. The Morgan fingerprint density at radius 2 is 1.94 bits per heavy atom. The molecule has 2 rings (SSSR count). The van der Waals surface area contributed by atoms with Gasteiger partial charge in [-0.05, 0) is 25.7 Å². The molecule has 6 nitrogen and oxygen atoms in total. The van der Waals surface area contributed by atoms with E-state index >= 15 is 0 Å². The molecule has 2 fully saturated rings. The largest absolute Gasteiger partial charge is 0.480 e. The van der Waals surface area contributed by atoms with Gasteiger partial charge in [-0.3, -0.25) is 9.80 Å². The van der Waals surface area contributed by atoms with Gasteiger partial charge in [0, 0.05) is 13.1 Å². The average molecular weight is 227 g/mol. The number of hydrogen-bond donors (Lipinski definition) is 2. The first-order valence-corrected chi connectivity index (χ1v) is 5.67. The third-order valence-electron chi connectivity index (χ3n) is 3.25. The van der Waals surface area contributed by atoms with E-state index in [1.165, 1.54) is 5.01 Å². The van der Waals surface area contributed by atoms with E-state index in [9.17, 15) is 9.59 Å². The number of nitrogens with zero attached hydrogens (tertiary/aromatic N) is 2. The quantitative estimate of drug-likeness (QED) is 0.624. The van der Waals surface area contributed by atoms with E-state index in [0.29, 0.717) is 12.8 Å². The standard InChI is InChI=1S/C10H17N3O3/c11-7-3-1-5-12-6-2-4-8(10(15)16)13(12)9(7)14/h7-8H,1-6,11H2,(H,15,16). The van der Waals surface area contributed by atoms with Crippen LogP contribution in [0.4, 0.5) is 0 Å². The second-order valence-corrected chi connectivity index (χ2v) is 4.38. The molecule has 0 aromatic rings. The highest BCUT2D eigenvalue weighted by molar-refractivity contribution is 5.86. The Hall–Kier alpha value is -1.14. The molecule has 0 aliphatic carbocycles. The van der Waals surface area contributed by atoms with Crippen LogP contribution < -0.4 is 5.73 Å². The number of fused-ring (bicyclic) bond motifs is 1. The van der Waals surface area contributed by atoms with Gasteiger partial charge < -0.3 is 10.8 Å². The molecule has 0 aromatic heterocycles. The third-order valence-corrected chi connectivity index (χ3v) is 3.25. The lowest BCUT2D eigenvalue weighted by atomic mass is 10.1. The van der Waals surface area contributed by atoms with Gasteiger partial charge >= 0.3 is 5.97 Å². The van der Waals surface area contributed by atoms with Crippen molar-refractivity contribution in [2.75, 3.05) is 13.1 Å². The maximum atomic E-state index is 12.0. The van der Waals surface area contributed by atoms with Gasteiger partial charge in [0.1, 0.15) is 6.04 Å². The molecular weight excluding hydrogens is 210 g/mol. The first kappa shape index (κ1) is 11.3. The monoisotopic (exact) mass is 227 g/mol. The molecule has 6 heteroatoms. The van der Waals surface area contributed by atoms with Crippen molar-refractivity contribution in [2.24, 2.45) is 5.73 Å². The summed E-state index contributed by atoms with van der Waals surface area (Å²) in [5.41, 5.74) is 5.74. The number of carbonyl (C=O) groups excluding carboxylic acids is 1. The van der Waals surface area contributed by atoms with Gasteiger partial charge in [-0.2, -0.15) is 0 Å². The molecule has 2 saturated heterocycles. The molecule has 2 unspecified atom stereocenters. The van der Waals surface area contributed by atoms with Crippen LogP contribution in [0.3, 0.4) is 0 Å². The van der Waals surface area contributed by atoms with Crippen molar-refractivity contribution in [2.45, 2.75) is 37.8 Å². The predicted octanol–water partition coefficient (Wildman–Crippen LogP) is -0.600. The minimum Gasteiger partial charge on any atom is -0.480 e. The molecule has 0 radical (unpaired) electrons. The number of aliphatic carboxylic acids is 1. The van der Waals surface area contributed by atoms with E-state index < -0.39 is 18.1 Å². The van der Waals surface area contributed by atoms with E-state index in [1.807, 2.05) is 5.01 Å². The van der Waals surface area contributed by atoms with Gasteiger partial charge in [0.05, 0.1) is 6.04 Å². The first-order valence-electron chi connectivity index (χ1n) is 5.67. The molecule has 2 heterocycles. The summed E-state index contributed by atoms with van der Waals surface area (Å²) in [7, 11) is 0. The number of hydrazine groups is 1. The van der Waals surface area contributed by atoms with Crippen LogP contribution in [0.2, 0.25) is 0 Å². The lowest BCUT2D eigenvalue weighted by molar-refractivity contribution is -0.173. The maximum Gasteiger partial charge on any atom is 0.328 e. The van der Waals surface area contributed by atoms with Crippen molar-refractivity contribution < 1.29 is 14.7 Å². The van der Waals surface area contributed by atoms with Crippen LogP contribution in [0.5, 0.6) is 0 Å². The van der Waals surface area contributed by atoms with Gasteiger partial charge in [0.25, 0.3) is 5.91 Å². The molecular formula is C10H17N3O3. The molecule has 0 saturated carbocycles. The lowest BCUT2D eigenvalue weighted by Gasteiger charge is -2.41. The molecule has 2 atom stereocenters. The number of rotatable bonds is 1. The summed E-state index contributed by atoms with van der Waals surface area (Å²) in [6, 6.07) is -1.28. The highest BCUT2D eigenvalue weighted by atomic mass is 16.4. The van der Waals surface area contributed by atoms with Gasteiger partial charge in [-0.25, -0.2) is 9.80 Å². The highest BCUT2D eigenvalue weighted by Gasteiger charge is 2.40. The van der Waals surface area contributed by atoms with E-state index in [-0.39, 0.29) is 5.91 Å². The Balaban J connectivity index is 2.25. The molecule has 0 spiro atoms. The van der Waals surface area contributed by atoms with Crippen molar-refractivity contribution in [1.82, 2.24) is 10.0 Å². The average Bonchev–Trinajstić information content (AvgIpc) is 2.40. The Morgan fingerprint density at radius 1 is 1.31 bits per heavy atom. The summed E-state index contributed by atoms with van der Waals surface area (Å²) in [6.07, 6.45) is 2.81. The predicted molar refractivity (Wildman–Crippen MR) is 56.3 cm³/mol. The van der Waals surface area contributed by atoms with Crippen LogP contribution >= 0.6 is 0 Å². The van der Waals surface area contributed by atoms with Crippen LogP contribution in [-0.2, 0) is 9.59 Å². The van der Waals surface area contributed by atoms with Crippen molar-refractivity contribution in [3.05, 3.63) is 0 Å². The Morgan fingerprint density at radius 3 is 2.56 bits per heavy atom. The molecule has 0 bridgehead atoms. The van der Waals surface area contributed by atoms with Gasteiger partial charge in [-0.15, -0.1) is 0 Å². The number of amides is 1. The summed E-state index contributed by atoms with van der Waals surface area (Å²) in [6.45, 7) is 1.48. The Labute approximate surface area is 94.0 Å². The van der Waals surface area contributed by atoms with Gasteiger partial charge in [-0.1, -0.05) is 0 Å². The fraction of sp³-hybridized carbons (Fsp3) is 0.800. The SMILES string of the molecule is NC1CCCN2CCCC(C(=O)O)N2C1=O. The van der Waals surface area contributed by atoms with Crippen LogP contribution in [0.15, 0.2) is 0 Å². The van der Waals surface area contributed by atoms with E-state index in [4.69, 9.17) is 10.8 Å². The number of carboxylic acids is 1. The number of carboxylic acid groups (broad SMARTS) is 1. The second-order valence-electron chi connectivity index (χ2n) is 4.38. The number of hydrogen-bond acceptors (Lipinski definition) is 4. The van der Waals surface area contributed by atoms with E-state index in [2.05, 4.69) is 0 Å². The maximum absolute atomic E-state index is 12.0. The molecule has 0 aromatic carbocycles. The molecule has 2 aliphatic rings. The Bertz CT molecular complexity index is 308. The van der Waals surface area contributed by atoms with E-state index in [0.717, 1.165) is 25.9 Å². The van der Waals surface area contributed by atoms with Crippen LogP contribution in [0.25, 0.3) is 0 Å². The fourth-order valence-corrected chi connectivity index (χ4v) is 2.42. The minimum atomic E-state index is -0.938. The van der Waals surface area contributed by atoms with Gasteiger partial charge in [0.2, 0.25) is 0 Å². The summed E-state index contributed by atoms with van der Waals surface area (Å²) in [4.78, 5) is 23.1. The Kier molecular flexibility index (Phi) is 3.11. The molecule has 90 valence electrons. The number of carbonyl (C=O) groups is 2. The first-order chi connectivity index (χ1) is 7.61. The van der Waals surface area contributed by atoms with Crippen LogP contribution in [0, 0.1) is 0 Å². The van der Waals surface area contributed by atoms with Crippen LogP contribution in [-0.4, -0.2) is 52.2 Å². The molecule has 1 amide bonds. The zero-order chi connectivity index (χ0) is 11.7. The second kappa shape index (κ2) is 4.39. The van der Waals surface area contributed by atoms with Crippen molar-refractivity contribution in [1.29, 1.82) is 0 Å². The summed E-state index contributed by atoms with van der Waals surface area (Å²) in [5.74, 6) is -1.18. The van der Waals surface area contributed by atoms with Crippen LogP contribution in [0.1, 0.15) is 25.7 Å². The summed E-state index contributed by atoms with van der Waals surface area (Å²) in [5, 5.41) is 12.3. The number of nitrogens with two attached hydrogens (primary N) is 1. The van der Waals surface area contributed by atoms with Crippen molar-refractivity contribution in [3.8, 4) is 0 Å². The minimum absolute atomic E-state index is 0.246. The van der Waals surface area contributed by atoms with Gasteiger partial charge in [0.15, 0.2) is 0 Å². The normalized spacial score (nSPS) is 32.1. The molecule has 3 N–H and O–H groups in total. The lowest BCUT2D eigenvalue weighted by Crippen LogP contribution is -2.60. The highest BCUT2D eigenvalue weighted by Crippen LogP contribution is 2.23.